The van der Waals surface area contributed by atoms with Gasteiger partial charge >= 0.3 is 0 Å². The summed E-state index contributed by atoms with van der Waals surface area (Å²) in [6.45, 7) is 2.53. The predicted molar refractivity (Wildman–Crippen MR) is 92.2 cm³/mol. The van der Waals surface area contributed by atoms with E-state index in [9.17, 15) is 5.11 Å². The molecule has 7 heteroatoms. The zero-order valence-electron chi connectivity index (χ0n) is 13.6. The lowest BCUT2D eigenvalue weighted by Crippen LogP contribution is -2.23. The van der Waals surface area contributed by atoms with Crippen molar-refractivity contribution in [3.05, 3.63) is 36.8 Å². The third-order valence-electron chi connectivity index (χ3n) is 4.71. The van der Waals surface area contributed by atoms with Gasteiger partial charge in [0, 0.05) is 31.0 Å². The van der Waals surface area contributed by atoms with Gasteiger partial charge in [-0.05, 0) is 24.6 Å². The number of benzene rings is 1. The summed E-state index contributed by atoms with van der Waals surface area (Å²) in [6, 6.07) is 5.93. The molecule has 25 heavy (non-hydrogen) atoms. The number of aromatic nitrogens is 3. The zero-order valence-corrected chi connectivity index (χ0v) is 13.6. The van der Waals surface area contributed by atoms with Crippen molar-refractivity contribution in [1.29, 1.82) is 0 Å². The van der Waals surface area contributed by atoms with Gasteiger partial charge in [0.25, 0.3) is 0 Å². The van der Waals surface area contributed by atoms with Gasteiger partial charge in [0.1, 0.15) is 13.2 Å². The topological polar surface area (TPSA) is 72.1 Å². The predicted octanol–water partition coefficient (Wildman–Crippen LogP) is 1.74. The summed E-state index contributed by atoms with van der Waals surface area (Å²) in [7, 11) is 0. The lowest BCUT2D eigenvalue weighted by molar-refractivity contribution is 0.171. The van der Waals surface area contributed by atoms with Crippen LogP contribution < -0.4 is 14.4 Å². The standard InChI is InChI=1S/C18H18N4O3/c23-13-3-5-21(11-13)17-18-20-10-14(22(18)6-4-19-17)12-1-2-15-16(9-12)25-8-7-24-15/h1-2,4,6,9-10,13,23H,3,5,7-8,11H2. The number of β-amino-alcohol motifs (C(OH)–C–C–N with tert-alkyl or cyclic N) is 1. The molecule has 128 valence electrons. The molecule has 1 saturated heterocycles. The molecule has 1 fully saturated rings. The van der Waals surface area contributed by atoms with Crippen molar-refractivity contribution < 1.29 is 14.6 Å². The second kappa shape index (κ2) is 5.63. The molecule has 0 bridgehead atoms. The molecular formula is C18H18N4O3. The Morgan fingerprint density at radius 3 is 2.84 bits per heavy atom. The number of imidazole rings is 1. The Balaban J connectivity index is 1.59. The molecule has 1 atom stereocenters. The summed E-state index contributed by atoms with van der Waals surface area (Å²) in [6.07, 6.45) is 5.99. The molecule has 0 radical (unpaired) electrons. The van der Waals surface area contributed by atoms with Crippen LogP contribution >= 0.6 is 0 Å². The number of nitrogens with zero attached hydrogens (tertiary/aromatic N) is 4. The second-order valence-corrected chi connectivity index (χ2v) is 6.33. The molecule has 0 aliphatic carbocycles. The molecular weight excluding hydrogens is 320 g/mol. The largest absolute Gasteiger partial charge is 0.486 e. The highest BCUT2D eigenvalue weighted by atomic mass is 16.6. The van der Waals surface area contributed by atoms with Gasteiger partial charge in [-0.25, -0.2) is 9.97 Å². The van der Waals surface area contributed by atoms with Gasteiger partial charge in [0.05, 0.1) is 18.0 Å². The Bertz CT molecular complexity index is 939. The third kappa shape index (κ3) is 2.39. The number of ether oxygens (including phenoxy) is 2. The quantitative estimate of drug-likeness (QED) is 0.767. The molecule has 1 aromatic carbocycles. The summed E-state index contributed by atoms with van der Waals surface area (Å²) in [5, 5.41) is 9.81. The number of aliphatic hydroxyl groups excluding tert-OH is 1. The molecule has 4 heterocycles. The molecule has 0 amide bonds. The SMILES string of the molecule is OC1CCN(c2nccn3c(-c4ccc5c(c4)OCCO5)cnc23)C1. The third-order valence-corrected chi connectivity index (χ3v) is 4.71. The van der Waals surface area contributed by atoms with E-state index in [0.29, 0.717) is 19.8 Å². The van der Waals surface area contributed by atoms with E-state index in [-0.39, 0.29) is 6.10 Å². The number of aliphatic hydroxyl groups is 1. The van der Waals surface area contributed by atoms with Gasteiger partial charge in [-0.3, -0.25) is 4.40 Å². The molecule has 7 nitrogen and oxygen atoms in total. The van der Waals surface area contributed by atoms with Gasteiger partial charge in [-0.1, -0.05) is 0 Å². The van der Waals surface area contributed by atoms with Crippen LogP contribution in [-0.4, -0.2) is 51.9 Å². The van der Waals surface area contributed by atoms with Crippen molar-refractivity contribution in [2.24, 2.45) is 0 Å². The van der Waals surface area contributed by atoms with Gasteiger partial charge < -0.3 is 19.5 Å². The lowest BCUT2D eigenvalue weighted by Gasteiger charge is -2.19. The Labute approximate surface area is 144 Å². The number of fused-ring (bicyclic) bond motifs is 2. The smallest absolute Gasteiger partial charge is 0.180 e. The minimum atomic E-state index is -0.297. The van der Waals surface area contributed by atoms with E-state index >= 15 is 0 Å². The average Bonchev–Trinajstić information content (AvgIpc) is 3.27. The fraction of sp³-hybridized carbons (Fsp3) is 0.333. The Morgan fingerprint density at radius 1 is 1.12 bits per heavy atom. The molecule has 3 aromatic rings. The molecule has 0 saturated carbocycles. The van der Waals surface area contributed by atoms with Crippen molar-refractivity contribution in [1.82, 2.24) is 14.4 Å². The number of anilines is 1. The molecule has 2 aromatic heterocycles. The van der Waals surface area contributed by atoms with Crippen LogP contribution in [0.15, 0.2) is 36.8 Å². The number of hydrogen-bond donors (Lipinski definition) is 1. The van der Waals surface area contributed by atoms with Crippen molar-refractivity contribution >= 4 is 11.5 Å². The summed E-state index contributed by atoms with van der Waals surface area (Å²) < 4.78 is 13.3. The molecule has 1 unspecified atom stereocenters. The molecule has 2 aliphatic rings. The van der Waals surface area contributed by atoms with E-state index < -0.39 is 0 Å². The van der Waals surface area contributed by atoms with E-state index in [1.165, 1.54) is 0 Å². The highest BCUT2D eigenvalue weighted by molar-refractivity contribution is 5.73. The summed E-state index contributed by atoms with van der Waals surface area (Å²) in [5.74, 6) is 2.34. The first-order valence-electron chi connectivity index (χ1n) is 8.45. The van der Waals surface area contributed by atoms with Crippen molar-refractivity contribution in [3.8, 4) is 22.8 Å². The minimum absolute atomic E-state index is 0.297. The van der Waals surface area contributed by atoms with Crippen LogP contribution in [0, 0.1) is 0 Å². The summed E-state index contributed by atoms with van der Waals surface area (Å²) >= 11 is 0. The maximum absolute atomic E-state index is 9.81. The van der Waals surface area contributed by atoms with E-state index in [1.807, 2.05) is 35.0 Å². The normalized spacial score (nSPS) is 19.6. The zero-order chi connectivity index (χ0) is 16.8. The van der Waals surface area contributed by atoms with E-state index in [0.717, 1.165) is 47.2 Å². The molecule has 2 aliphatic heterocycles. The van der Waals surface area contributed by atoms with Crippen molar-refractivity contribution in [2.45, 2.75) is 12.5 Å². The Hall–Kier alpha value is -2.80. The fourth-order valence-corrected chi connectivity index (χ4v) is 3.48. The van der Waals surface area contributed by atoms with Gasteiger partial charge in [-0.15, -0.1) is 0 Å². The lowest BCUT2D eigenvalue weighted by atomic mass is 10.1. The van der Waals surface area contributed by atoms with E-state index in [1.54, 1.807) is 6.20 Å². The summed E-state index contributed by atoms with van der Waals surface area (Å²) in [5.41, 5.74) is 2.77. The molecule has 0 spiro atoms. The Kier molecular flexibility index (Phi) is 3.27. The molecule has 1 N–H and O–H groups in total. The summed E-state index contributed by atoms with van der Waals surface area (Å²) in [4.78, 5) is 11.2. The van der Waals surface area contributed by atoms with Crippen LogP contribution in [0.25, 0.3) is 16.9 Å². The van der Waals surface area contributed by atoms with Crippen LogP contribution in [0.1, 0.15) is 6.42 Å². The Morgan fingerprint density at radius 2 is 2.00 bits per heavy atom. The van der Waals surface area contributed by atoms with Crippen LogP contribution in [0.4, 0.5) is 5.82 Å². The maximum atomic E-state index is 9.81. The van der Waals surface area contributed by atoms with Gasteiger partial charge in [0.15, 0.2) is 23.0 Å². The van der Waals surface area contributed by atoms with Crippen LogP contribution in [0.3, 0.4) is 0 Å². The maximum Gasteiger partial charge on any atom is 0.180 e. The van der Waals surface area contributed by atoms with E-state index in [2.05, 4.69) is 14.9 Å². The van der Waals surface area contributed by atoms with E-state index in [4.69, 9.17) is 9.47 Å². The van der Waals surface area contributed by atoms with Crippen LogP contribution in [0.5, 0.6) is 11.5 Å². The number of hydrogen-bond acceptors (Lipinski definition) is 6. The first kappa shape index (κ1) is 14.5. The number of rotatable bonds is 2. The van der Waals surface area contributed by atoms with Gasteiger partial charge in [0.2, 0.25) is 0 Å². The fourth-order valence-electron chi connectivity index (χ4n) is 3.48. The highest BCUT2D eigenvalue weighted by Crippen LogP contribution is 2.35. The van der Waals surface area contributed by atoms with Crippen molar-refractivity contribution in [2.75, 3.05) is 31.2 Å². The first-order valence-corrected chi connectivity index (χ1v) is 8.45. The second-order valence-electron chi connectivity index (χ2n) is 6.33. The van der Waals surface area contributed by atoms with Gasteiger partial charge in [-0.2, -0.15) is 0 Å². The van der Waals surface area contributed by atoms with Crippen molar-refractivity contribution in [3.63, 3.8) is 0 Å². The highest BCUT2D eigenvalue weighted by Gasteiger charge is 2.24. The average molecular weight is 338 g/mol. The first-order chi connectivity index (χ1) is 12.3. The monoisotopic (exact) mass is 338 g/mol. The van der Waals surface area contributed by atoms with Crippen LogP contribution in [0.2, 0.25) is 0 Å². The minimum Gasteiger partial charge on any atom is -0.486 e. The van der Waals surface area contributed by atoms with Crippen LogP contribution in [-0.2, 0) is 0 Å². The molecule has 5 rings (SSSR count).